The molecule has 0 aromatic heterocycles. The summed E-state index contributed by atoms with van der Waals surface area (Å²) in [4.78, 5) is 0.908. The van der Waals surface area contributed by atoms with Gasteiger partial charge in [0.05, 0.1) is 0 Å². The van der Waals surface area contributed by atoms with Gasteiger partial charge in [-0.3, -0.25) is 0 Å². The van der Waals surface area contributed by atoms with Crippen LogP contribution >= 0.6 is 15.9 Å². The molecular weight excluding hydrogens is 188 g/mol. The topological polar surface area (TPSA) is 0 Å². The minimum absolute atomic E-state index is 0.908. The van der Waals surface area contributed by atoms with E-state index in [1.165, 1.54) is 38.5 Å². The number of fused-ring (bicyclic) bond motifs is 1. The highest BCUT2D eigenvalue weighted by atomic mass is 79.9. The lowest BCUT2D eigenvalue weighted by molar-refractivity contribution is 0.485. The Morgan fingerprint density at radius 2 is 1.30 bits per heavy atom. The smallest absolute Gasteiger partial charge is 0.0208 e. The first kappa shape index (κ1) is 7.15. The zero-order valence-electron chi connectivity index (χ0n) is 6.35. The molecule has 0 aliphatic heterocycles. The first-order valence-electron chi connectivity index (χ1n) is 4.53. The normalized spacial score (nSPS) is 47.1. The summed E-state index contributed by atoms with van der Waals surface area (Å²) in [6.45, 7) is 0. The molecule has 2 aliphatic carbocycles. The summed E-state index contributed by atoms with van der Waals surface area (Å²) in [6.07, 6.45) is 8.96. The van der Waals surface area contributed by atoms with Crippen LogP contribution in [0.3, 0.4) is 0 Å². The molecule has 0 radical (unpaired) electrons. The Labute approximate surface area is 71.5 Å². The molecule has 2 aliphatic rings. The van der Waals surface area contributed by atoms with Gasteiger partial charge in [-0.15, -0.1) is 0 Å². The van der Waals surface area contributed by atoms with Crippen LogP contribution in [-0.2, 0) is 0 Å². The maximum absolute atomic E-state index is 3.74. The molecule has 0 spiro atoms. The molecule has 0 saturated heterocycles. The summed E-state index contributed by atoms with van der Waals surface area (Å²) in [5.41, 5.74) is 0. The van der Waals surface area contributed by atoms with Gasteiger partial charge in [0, 0.05) is 4.83 Å². The van der Waals surface area contributed by atoms with Crippen molar-refractivity contribution in [1.82, 2.24) is 0 Å². The van der Waals surface area contributed by atoms with E-state index in [1.54, 1.807) is 0 Å². The third-order valence-electron chi connectivity index (χ3n) is 3.05. The predicted octanol–water partition coefficient (Wildman–Crippen LogP) is 3.35. The van der Waals surface area contributed by atoms with Crippen molar-refractivity contribution < 1.29 is 0 Å². The van der Waals surface area contributed by atoms with Gasteiger partial charge in [-0.2, -0.15) is 0 Å². The standard InChI is InChI=1S/C9H15Br/c10-9-7-5-3-1-2-4-6-8(7)9/h7-9H,1-6H2. The van der Waals surface area contributed by atoms with Gasteiger partial charge in [0.2, 0.25) is 0 Å². The Morgan fingerprint density at radius 3 is 1.80 bits per heavy atom. The molecule has 2 unspecified atom stereocenters. The number of hydrogen-bond donors (Lipinski definition) is 0. The second-order valence-electron chi connectivity index (χ2n) is 3.76. The van der Waals surface area contributed by atoms with E-state index in [1.807, 2.05) is 0 Å². The van der Waals surface area contributed by atoms with Crippen molar-refractivity contribution in [3.05, 3.63) is 0 Å². The van der Waals surface area contributed by atoms with Crippen LogP contribution in [0.4, 0.5) is 0 Å². The molecule has 10 heavy (non-hydrogen) atoms. The fourth-order valence-electron chi connectivity index (χ4n) is 2.26. The zero-order valence-corrected chi connectivity index (χ0v) is 7.94. The second kappa shape index (κ2) is 2.84. The van der Waals surface area contributed by atoms with Crippen molar-refractivity contribution in [1.29, 1.82) is 0 Å². The summed E-state index contributed by atoms with van der Waals surface area (Å²) in [5.74, 6) is 2.14. The van der Waals surface area contributed by atoms with Crippen LogP contribution in [-0.4, -0.2) is 4.83 Å². The third-order valence-corrected chi connectivity index (χ3v) is 4.41. The van der Waals surface area contributed by atoms with Crippen LogP contribution in [0.15, 0.2) is 0 Å². The largest absolute Gasteiger partial charge is 0.0884 e. The summed E-state index contributed by atoms with van der Waals surface area (Å²) >= 11 is 3.74. The van der Waals surface area contributed by atoms with Gasteiger partial charge < -0.3 is 0 Å². The van der Waals surface area contributed by atoms with Crippen molar-refractivity contribution in [2.24, 2.45) is 11.8 Å². The molecule has 0 heterocycles. The van der Waals surface area contributed by atoms with Gasteiger partial charge in [-0.05, 0) is 24.7 Å². The average molecular weight is 203 g/mol. The Morgan fingerprint density at radius 1 is 0.800 bits per heavy atom. The van der Waals surface area contributed by atoms with Gasteiger partial charge in [-0.25, -0.2) is 0 Å². The van der Waals surface area contributed by atoms with Crippen molar-refractivity contribution in [3.8, 4) is 0 Å². The van der Waals surface area contributed by atoms with Crippen LogP contribution < -0.4 is 0 Å². The fraction of sp³-hybridized carbons (Fsp3) is 1.00. The quantitative estimate of drug-likeness (QED) is 0.529. The molecule has 0 aromatic rings. The Kier molecular flexibility index (Phi) is 2.03. The molecule has 2 rings (SSSR count). The SMILES string of the molecule is BrC1C2CCCCCCC12. The molecule has 0 nitrogen and oxygen atoms in total. The van der Waals surface area contributed by atoms with E-state index in [0.717, 1.165) is 16.7 Å². The number of halogens is 1. The van der Waals surface area contributed by atoms with Gasteiger partial charge in [0.15, 0.2) is 0 Å². The van der Waals surface area contributed by atoms with Crippen molar-refractivity contribution in [3.63, 3.8) is 0 Å². The molecule has 2 saturated carbocycles. The van der Waals surface area contributed by atoms with Crippen molar-refractivity contribution >= 4 is 15.9 Å². The summed E-state index contributed by atoms with van der Waals surface area (Å²) in [5, 5.41) is 0. The molecule has 1 heteroatoms. The average Bonchev–Trinajstić information content (AvgIpc) is 2.39. The first-order chi connectivity index (χ1) is 4.89. The predicted molar refractivity (Wildman–Crippen MR) is 47.4 cm³/mol. The van der Waals surface area contributed by atoms with Crippen LogP contribution in [0.2, 0.25) is 0 Å². The Balaban J connectivity index is 1.86. The van der Waals surface area contributed by atoms with Crippen molar-refractivity contribution in [2.45, 2.75) is 43.4 Å². The minimum atomic E-state index is 0.908. The highest BCUT2D eigenvalue weighted by molar-refractivity contribution is 9.09. The fourth-order valence-corrected chi connectivity index (χ4v) is 3.39. The van der Waals surface area contributed by atoms with E-state index in [4.69, 9.17) is 0 Å². The minimum Gasteiger partial charge on any atom is -0.0884 e. The molecule has 0 bridgehead atoms. The molecular formula is C9H15Br. The number of alkyl halides is 1. The highest BCUT2D eigenvalue weighted by Crippen LogP contribution is 2.52. The van der Waals surface area contributed by atoms with Crippen LogP contribution in [0.1, 0.15) is 38.5 Å². The van der Waals surface area contributed by atoms with Crippen LogP contribution in [0.5, 0.6) is 0 Å². The molecule has 2 fully saturated rings. The lowest BCUT2D eigenvalue weighted by Gasteiger charge is -2.04. The first-order valence-corrected chi connectivity index (χ1v) is 5.45. The maximum atomic E-state index is 3.74. The molecule has 58 valence electrons. The van der Waals surface area contributed by atoms with E-state index in [0.29, 0.717) is 0 Å². The summed E-state index contributed by atoms with van der Waals surface area (Å²) in [7, 11) is 0. The van der Waals surface area contributed by atoms with Crippen LogP contribution in [0.25, 0.3) is 0 Å². The highest BCUT2D eigenvalue weighted by Gasteiger charge is 2.46. The molecule has 0 amide bonds. The third kappa shape index (κ3) is 1.25. The number of rotatable bonds is 0. The van der Waals surface area contributed by atoms with Gasteiger partial charge in [0.1, 0.15) is 0 Å². The number of hydrogen-bond acceptors (Lipinski definition) is 0. The summed E-state index contributed by atoms with van der Waals surface area (Å²) in [6, 6.07) is 0. The molecule has 0 aromatic carbocycles. The van der Waals surface area contributed by atoms with E-state index >= 15 is 0 Å². The lowest BCUT2D eigenvalue weighted by Crippen LogP contribution is -1.90. The van der Waals surface area contributed by atoms with E-state index in [9.17, 15) is 0 Å². The monoisotopic (exact) mass is 202 g/mol. The van der Waals surface area contributed by atoms with Crippen molar-refractivity contribution in [2.75, 3.05) is 0 Å². The summed E-state index contributed by atoms with van der Waals surface area (Å²) < 4.78 is 0. The Hall–Kier alpha value is 0.480. The Bertz CT molecular complexity index is 108. The van der Waals surface area contributed by atoms with E-state index in [-0.39, 0.29) is 0 Å². The van der Waals surface area contributed by atoms with Gasteiger partial charge >= 0.3 is 0 Å². The van der Waals surface area contributed by atoms with Gasteiger partial charge in [-0.1, -0.05) is 41.6 Å². The molecule has 2 atom stereocenters. The maximum Gasteiger partial charge on any atom is 0.0208 e. The second-order valence-corrected chi connectivity index (χ2v) is 4.82. The molecule has 0 N–H and O–H groups in total. The van der Waals surface area contributed by atoms with E-state index in [2.05, 4.69) is 15.9 Å². The van der Waals surface area contributed by atoms with Crippen LogP contribution in [0, 0.1) is 11.8 Å². The lowest BCUT2D eigenvalue weighted by atomic mass is 10.0. The zero-order chi connectivity index (χ0) is 6.97. The van der Waals surface area contributed by atoms with Gasteiger partial charge in [0.25, 0.3) is 0 Å². The van der Waals surface area contributed by atoms with E-state index < -0.39 is 0 Å².